The van der Waals surface area contributed by atoms with E-state index in [1.807, 2.05) is 6.92 Å². The lowest BCUT2D eigenvalue weighted by Crippen LogP contribution is -2.21. The highest BCUT2D eigenvalue weighted by Gasteiger charge is 2.26. The molecule has 1 aromatic carbocycles. The maximum atomic E-state index is 11.0. The summed E-state index contributed by atoms with van der Waals surface area (Å²) in [6.45, 7) is 2.82. The van der Waals surface area contributed by atoms with Gasteiger partial charge in [0.05, 0.1) is 4.92 Å². The number of rotatable bonds is 5. The molecule has 1 aliphatic rings. The van der Waals surface area contributed by atoms with E-state index in [1.54, 1.807) is 12.1 Å². The molecular weight excluding hydrogens is 244 g/mol. The van der Waals surface area contributed by atoms with Crippen LogP contribution in [0.15, 0.2) is 18.2 Å². The van der Waals surface area contributed by atoms with Crippen LogP contribution in [-0.2, 0) is 0 Å². The quantitative estimate of drug-likeness (QED) is 0.633. The molecule has 0 amide bonds. The average molecular weight is 264 g/mol. The first-order chi connectivity index (χ1) is 9.11. The van der Waals surface area contributed by atoms with E-state index in [2.05, 4.69) is 5.32 Å². The van der Waals surface area contributed by atoms with E-state index in [0.29, 0.717) is 24.1 Å². The standard InChI is InChI=1S/C14H20N2O3/c1-10-5-6-14(16(18)19)13(7-10)15-8-11-3-2-4-12(11)9-17/h5-7,11-12,15,17H,2-4,8-9H2,1H3. The molecule has 2 unspecified atom stereocenters. The van der Waals surface area contributed by atoms with Gasteiger partial charge < -0.3 is 10.4 Å². The third kappa shape index (κ3) is 3.23. The molecule has 1 saturated carbocycles. The molecule has 0 bridgehead atoms. The summed E-state index contributed by atoms with van der Waals surface area (Å²) >= 11 is 0. The van der Waals surface area contributed by atoms with Gasteiger partial charge >= 0.3 is 0 Å². The van der Waals surface area contributed by atoms with Gasteiger partial charge in [-0.25, -0.2) is 0 Å². The van der Waals surface area contributed by atoms with Crippen molar-refractivity contribution in [2.75, 3.05) is 18.5 Å². The van der Waals surface area contributed by atoms with Gasteiger partial charge in [-0.1, -0.05) is 12.5 Å². The first kappa shape index (κ1) is 13.8. The fraction of sp³-hybridized carbons (Fsp3) is 0.571. The Morgan fingerprint density at radius 1 is 1.42 bits per heavy atom. The molecular formula is C14H20N2O3. The number of nitro benzene ring substituents is 1. The van der Waals surface area contributed by atoms with Crippen LogP contribution in [0.25, 0.3) is 0 Å². The lowest BCUT2D eigenvalue weighted by Gasteiger charge is -2.18. The number of hydrogen-bond donors (Lipinski definition) is 2. The number of aryl methyl sites for hydroxylation is 1. The number of anilines is 1. The molecule has 2 rings (SSSR count). The Labute approximate surface area is 112 Å². The third-order valence-corrected chi connectivity index (χ3v) is 3.95. The molecule has 0 heterocycles. The Bertz CT molecular complexity index is 462. The number of aliphatic hydroxyl groups excluding tert-OH is 1. The molecule has 0 saturated heterocycles. The van der Waals surface area contributed by atoms with E-state index >= 15 is 0 Å². The second-order valence-electron chi connectivity index (χ2n) is 5.29. The van der Waals surface area contributed by atoms with E-state index < -0.39 is 0 Å². The lowest BCUT2D eigenvalue weighted by atomic mass is 9.97. The molecule has 1 fully saturated rings. The van der Waals surface area contributed by atoms with Crippen molar-refractivity contribution in [3.8, 4) is 0 Å². The van der Waals surface area contributed by atoms with Gasteiger partial charge in [-0.15, -0.1) is 0 Å². The topological polar surface area (TPSA) is 75.4 Å². The Balaban J connectivity index is 2.06. The van der Waals surface area contributed by atoms with Crippen LogP contribution in [0.5, 0.6) is 0 Å². The molecule has 5 heteroatoms. The number of hydrogen-bond acceptors (Lipinski definition) is 4. The second kappa shape index (κ2) is 6.02. The zero-order valence-corrected chi connectivity index (χ0v) is 11.1. The summed E-state index contributed by atoms with van der Waals surface area (Å²) in [6, 6.07) is 5.09. The highest BCUT2D eigenvalue weighted by atomic mass is 16.6. The minimum atomic E-state index is -0.361. The third-order valence-electron chi connectivity index (χ3n) is 3.95. The highest BCUT2D eigenvalue weighted by Crippen LogP contribution is 2.32. The Morgan fingerprint density at radius 2 is 2.16 bits per heavy atom. The molecule has 104 valence electrons. The molecule has 19 heavy (non-hydrogen) atoms. The smallest absolute Gasteiger partial charge is 0.292 e. The monoisotopic (exact) mass is 264 g/mol. The SMILES string of the molecule is Cc1ccc([N+](=O)[O-])c(NCC2CCCC2CO)c1. The minimum absolute atomic E-state index is 0.115. The molecule has 0 radical (unpaired) electrons. The van der Waals surface area contributed by atoms with E-state index in [9.17, 15) is 15.2 Å². The van der Waals surface area contributed by atoms with Gasteiger partial charge in [-0.2, -0.15) is 0 Å². The fourth-order valence-corrected chi connectivity index (χ4v) is 2.81. The van der Waals surface area contributed by atoms with Crippen LogP contribution >= 0.6 is 0 Å². The zero-order valence-electron chi connectivity index (χ0n) is 11.1. The predicted octanol–water partition coefficient (Wildman–Crippen LogP) is 2.72. The Hall–Kier alpha value is -1.62. The molecule has 2 atom stereocenters. The first-order valence-electron chi connectivity index (χ1n) is 6.71. The van der Waals surface area contributed by atoms with Crippen LogP contribution in [-0.4, -0.2) is 23.2 Å². The molecule has 1 aliphatic carbocycles. The van der Waals surface area contributed by atoms with Crippen molar-refractivity contribution in [1.29, 1.82) is 0 Å². The van der Waals surface area contributed by atoms with Crippen LogP contribution < -0.4 is 5.32 Å². The van der Waals surface area contributed by atoms with E-state index in [1.165, 1.54) is 6.07 Å². The van der Waals surface area contributed by atoms with E-state index in [4.69, 9.17) is 0 Å². The molecule has 0 aromatic heterocycles. The summed E-state index contributed by atoms with van der Waals surface area (Å²) in [5.74, 6) is 0.737. The van der Waals surface area contributed by atoms with Gasteiger partial charge in [0.1, 0.15) is 5.69 Å². The summed E-state index contributed by atoms with van der Waals surface area (Å²) < 4.78 is 0. The number of benzene rings is 1. The van der Waals surface area contributed by atoms with Crippen molar-refractivity contribution in [3.05, 3.63) is 33.9 Å². The largest absolute Gasteiger partial charge is 0.396 e. The second-order valence-corrected chi connectivity index (χ2v) is 5.29. The van der Waals surface area contributed by atoms with Crippen LogP contribution in [0.3, 0.4) is 0 Å². The Kier molecular flexibility index (Phi) is 4.37. The van der Waals surface area contributed by atoms with Crippen molar-refractivity contribution in [2.24, 2.45) is 11.8 Å². The maximum absolute atomic E-state index is 11.0. The summed E-state index contributed by atoms with van der Waals surface area (Å²) in [5, 5.41) is 23.4. The van der Waals surface area contributed by atoms with Crippen LogP contribution in [0.2, 0.25) is 0 Å². The molecule has 2 N–H and O–H groups in total. The van der Waals surface area contributed by atoms with Gasteiger partial charge in [0.25, 0.3) is 5.69 Å². The number of aliphatic hydroxyl groups is 1. The number of nitrogens with one attached hydrogen (secondary N) is 1. The van der Waals surface area contributed by atoms with Gasteiger partial charge in [0, 0.05) is 19.2 Å². The number of nitro groups is 1. The van der Waals surface area contributed by atoms with Gasteiger partial charge in [0.2, 0.25) is 0 Å². The van der Waals surface area contributed by atoms with Crippen molar-refractivity contribution < 1.29 is 10.0 Å². The highest BCUT2D eigenvalue weighted by molar-refractivity contribution is 5.62. The minimum Gasteiger partial charge on any atom is -0.396 e. The predicted molar refractivity (Wildman–Crippen MR) is 74.2 cm³/mol. The number of nitrogens with zero attached hydrogens (tertiary/aromatic N) is 1. The van der Waals surface area contributed by atoms with Gasteiger partial charge in [0.15, 0.2) is 0 Å². The van der Waals surface area contributed by atoms with Crippen molar-refractivity contribution in [3.63, 3.8) is 0 Å². The van der Waals surface area contributed by atoms with E-state index in [-0.39, 0.29) is 17.2 Å². The summed E-state index contributed by atoms with van der Waals surface area (Å²) in [7, 11) is 0. The fourth-order valence-electron chi connectivity index (χ4n) is 2.81. The van der Waals surface area contributed by atoms with Gasteiger partial charge in [-0.3, -0.25) is 10.1 Å². The van der Waals surface area contributed by atoms with Crippen molar-refractivity contribution in [2.45, 2.75) is 26.2 Å². The molecule has 5 nitrogen and oxygen atoms in total. The van der Waals surface area contributed by atoms with Gasteiger partial charge in [-0.05, 0) is 43.2 Å². The maximum Gasteiger partial charge on any atom is 0.292 e. The molecule has 0 aliphatic heterocycles. The van der Waals surface area contributed by atoms with Crippen molar-refractivity contribution in [1.82, 2.24) is 0 Å². The van der Waals surface area contributed by atoms with Crippen LogP contribution in [0.4, 0.5) is 11.4 Å². The zero-order chi connectivity index (χ0) is 13.8. The summed E-state index contributed by atoms with van der Waals surface area (Å²) in [4.78, 5) is 10.6. The lowest BCUT2D eigenvalue weighted by molar-refractivity contribution is -0.384. The Morgan fingerprint density at radius 3 is 2.84 bits per heavy atom. The van der Waals surface area contributed by atoms with Crippen molar-refractivity contribution >= 4 is 11.4 Å². The van der Waals surface area contributed by atoms with Crippen LogP contribution in [0.1, 0.15) is 24.8 Å². The summed E-state index contributed by atoms with van der Waals surface area (Å²) in [5.41, 5.74) is 1.69. The van der Waals surface area contributed by atoms with E-state index in [0.717, 1.165) is 24.8 Å². The first-order valence-corrected chi connectivity index (χ1v) is 6.71. The molecule has 0 spiro atoms. The normalized spacial score (nSPS) is 22.4. The average Bonchev–Trinajstić information content (AvgIpc) is 2.83. The van der Waals surface area contributed by atoms with Crippen LogP contribution in [0, 0.1) is 28.9 Å². The molecule has 1 aromatic rings. The summed E-state index contributed by atoms with van der Waals surface area (Å²) in [6.07, 6.45) is 3.27.